The Labute approximate surface area is 137 Å². The van der Waals surface area contributed by atoms with Gasteiger partial charge in [-0.3, -0.25) is 0 Å². The van der Waals surface area contributed by atoms with Crippen LogP contribution in [0.15, 0.2) is 30.3 Å². The first-order valence-electron chi connectivity index (χ1n) is 6.61. The number of aromatic nitrogens is 3. The molecule has 0 aliphatic rings. The van der Waals surface area contributed by atoms with E-state index in [-0.39, 0.29) is 5.95 Å². The second-order valence-electron chi connectivity index (χ2n) is 4.49. The quantitative estimate of drug-likeness (QED) is 0.784. The number of nitrogens with two attached hydrogens (primary N) is 1. The van der Waals surface area contributed by atoms with Gasteiger partial charge in [-0.05, 0) is 25.1 Å². The zero-order valence-electron chi connectivity index (χ0n) is 11.7. The summed E-state index contributed by atoms with van der Waals surface area (Å²) < 4.78 is 5.49. The lowest BCUT2D eigenvalue weighted by atomic mass is 10.1. The third-order valence-corrected chi connectivity index (χ3v) is 3.86. The molecule has 1 aromatic carbocycles. The van der Waals surface area contributed by atoms with E-state index in [0.29, 0.717) is 39.3 Å². The Hall–Kier alpha value is -2.11. The predicted molar refractivity (Wildman–Crippen MR) is 88.4 cm³/mol. The largest absolute Gasteiger partial charge is 0.476 e. The SMILES string of the molecule is CCOc1nc(N)nc2ccc(-c3cccc(Cl)c3Cl)nc12. The van der Waals surface area contributed by atoms with Gasteiger partial charge >= 0.3 is 0 Å². The summed E-state index contributed by atoms with van der Waals surface area (Å²) in [4.78, 5) is 12.8. The topological polar surface area (TPSA) is 73.9 Å². The average Bonchev–Trinajstić information content (AvgIpc) is 2.50. The zero-order valence-corrected chi connectivity index (χ0v) is 13.2. The molecule has 2 N–H and O–H groups in total. The summed E-state index contributed by atoms with van der Waals surface area (Å²) in [5.74, 6) is 0.497. The Morgan fingerprint density at radius 3 is 2.68 bits per heavy atom. The first-order valence-corrected chi connectivity index (χ1v) is 7.37. The molecule has 0 unspecified atom stereocenters. The summed E-state index contributed by atoms with van der Waals surface area (Å²) in [6.07, 6.45) is 0. The van der Waals surface area contributed by atoms with Crippen LogP contribution >= 0.6 is 23.2 Å². The van der Waals surface area contributed by atoms with Gasteiger partial charge in [0.2, 0.25) is 11.8 Å². The van der Waals surface area contributed by atoms with Crippen molar-refractivity contribution in [2.45, 2.75) is 6.92 Å². The lowest BCUT2D eigenvalue weighted by molar-refractivity contribution is 0.330. The Balaban J connectivity index is 2.22. The number of halogens is 2. The summed E-state index contributed by atoms with van der Waals surface area (Å²) in [6.45, 7) is 2.32. The van der Waals surface area contributed by atoms with E-state index in [4.69, 9.17) is 33.7 Å². The van der Waals surface area contributed by atoms with Crippen LogP contribution in [-0.4, -0.2) is 21.6 Å². The molecular weight excluding hydrogens is 323 g/mol. The van der Waals surface area contributed by atoms with E-state index in [1.54, 1.807) is 12.1 Å². The van der Waals surface area contributed by atoms with Gasteiger partial charge in [-0.1, -0.05) is 35.3 Å². The number of hydrogen-bond acceptors (Lipinski definition) is 5. The molecule has 0 atom stereocenters. The highest BCUT2D eigenvalue weighted by Gasteiger charge is 2.13. The van der Waals surface area contributed by atoms with Crippen molar-refractivity contribution in [3.05, 3.63) is 40.4 Å². The van der Waals surface area contributed by atoms with Gasteiger partial charge in [0.1, 0.15) is 0 Å². The number of benzene rings is 1. The molecule has 0 fully saturated rings. The molecule has 22 heavy (non-hydrogen) atoms. The normalized spacial score (nSPS) is 10.9. The van der Waals surface area contributed by atoms with Crippen LogP contribution in [0.2, 0.25) is 10.0 Å². The monoisotopic (exact) mass is 334 g/mol. The van der Waals surface area contributed by atoms with E-state index in [1.165, 1.54) is 0 Å². The molecule has 3 aromatic rings. The van der Waals surface area contributed by atoms with Gasteiger partial charge < -0.3 is 10.5 Å². The van der Waals surface area contributed by atoms with Crippen LogP contribution < -0.4 is 10.5 Å². The standard InChI is InChI=1S/C15H12Cl2N4O/c1-2-22-14-13-11(20-15(18)21-14)7-6-10(19-13)8-4-3-5-9(16)12(8)17/h3-7H,2H2,1H3,(H2,18,20,21). The van der Waals surface area contributed by atoms with Crippen molar-refractivity contribution in [3.8, 4) is 17.1 Å². The van der Waals surface area contributed by atoms with Gasteiger partial charge in [-0.2, -0.15) is 4.98 Å². The molecule has 5 nitrogen and oxygen atoms in total. The number of nitrogens with zero attached hydrogens (tertiary/aromatic N) is 3. The molecule has 0 spiro atoms. The fourth-order valence-corrected chi connectivity index (χ4v) is 2.49. The molecule has 0 aliphatic heterocycles. The summed E-state index contributed by atoms with van der Waals surface area (Å²) in [6, 6.07) is 9.00. The second kappa shape index (κ2) is 5.94. The molecule has 112 valence electrons. The van der Waals surface area contributed by atoms with Gasteiger partial charge in [-0.15, -0.1) is 0 Å². The third kappa shape index (κ3) is 2.65. The smallest absolute Gasteiger partial charge is 0.245 e. The maximum absolute atomic E-state index is 6.25. The van der Waals surface area contributed by atoms with Crippen LogP contribution in [0.3, 0.4) is 0 Å². The Bertz CT molecular complexity index is 854. The van der Waals surface area contributed by atoms with Crippen molar-refractivity contribution in [2.24, 2.45) is 0 Å². The number of nitrogen functional groups attached to an aromatic ring is 1. The zero-order chi connectivity index (χ0) is 15.7. The van der Waals surface area contributed by atoms with Crippen LogP contribution in [0, 0.1) is 0 Å². The van der Waals surface area contributed by atoms with Crippen LogP contribution in [0.5, 0.6) is 5.88 Å². The van der Waals surface area contributed by atoms with E-state index >= 15 is 0 Å². The van der Waals surface area contributed by atoms with E-state index in [9.17, 15) is 0 Å². The Kier molecular flexibility index (Phi) is 4.00. The van der Waals surface area contributed by atoms with Gasteiger partial charge in [0, 0.05) is 5.56 Å². The van der Waals surface area contributed by atoms with Gasteiger partial charge in [0.05, 0.1) is 27.9 Å². The highest BCUT2D eigenvalue weighted by atomic mass is 35.5. The summed E-state index contributed by atoms with van der Waals surface area (Å²) in [5.41, 5.74) is 8.21. The number of ether oxygens (including phenoxy) is 1. The molecular formula is C15H12Cl2N4O. The van der Waals surface area contributed by atoms with Crippen molar-refractivity contribution < 1.29 is 4.74 Å². The molecule has 7 heteroatoms. The molecule has 0 saturated heterocycles. The predicted octanol–water partition coefficient (Wildman–Crippen LogP) is 3.98. The summed E-state index contributed by atoms with van der Waals surface area (Å²) >= 11 is 12.3. The Morgan fingerprint density at radius 2 is 1.91 bits per heavy atom. The van der Waals surface area contributed by atoms with E-state index in [2.05, 4.69) is 15.0 Å². The number of anilines is 1. The molecule has 0 saturated carbocycles. The molecule has 0 amide bonds. The van der Waals surface area contributed by atoms with Crippen LogP contribution in [-0.2, 0) is 0 Å². The molecule has 2 aromatic heterocycles. The number of hydrogen-bond donors (Lipinski definition) is 1. The van der Waals surface area contributed by atoms with Crippen molar-refractivity contribution >= 4 is 40.2 Å². The number of pyridine rings is 1. The lowest BCUT2D eigenvalue weighted by Crippen LogP contribution is -2.03. The van der Waals surface area contributed by atoms with Crippen LogP contribution in [0.4, 0.5) is 5.95 Å². The second-order valence-corrected chi connectivity index (χ2v) is 5.27. The summed E-state index contributed by atoms with van der Waals surface area (Å²) in [7, 11) is 0. The van der Waals surface area contributed by atoms with Crippen LogP contribution in [0.1, 0.15) is 6.92 Å². The first kappa shape index (κ1) is 14.8. The lowest BCUT2D eigenvalue weighted by Gasteiger charge is -2.09. The van der Waals surface area contributed by atoms with Crippen molar-refractivity contribution in [1.29, 1.82) is 0 Å². The van der Waals surface area contributed by atoms with Crippen LogP contribution in [0.25, 0.3) is 22.3 Å². The average molecular weight is 335 g/mol. The fraction of sp³-hybridized carbons (Fsp3) is 0.133. The Morgan fingerprint density at radius 1 is 1.09 bits per heavy atom. The molecule has 0 radical (unpaired) electrons. The van der Waals surface area contributed by atoms with Gasteiger partial charge in [0.25, 0.3) is 0 Å². The molecule has 3 rings (SSSR count). The maximum Gasteiger partial charge on any atom is 0.245 e. The number of rotatable bonds is 3. The highest BCUT2D eigenvalue weighted by molar-refractivity contribution is 6.43. The van der Waals surface area contributed by atoms with Crippen molar-refractivity contribution in [3.63, 3.8) is 0 Å². The van der Waals surface area contributed by atoms with Crippen molar-refractivity contribution in [2.75, 3.05) is 12.3 Å². The third-order valence-electron chi connectivity index (χ3n) is 3.04. The minimum absolute atomic E-state index is 0.145. The number of fused-ring (bicyclic) bond motifs is 1. The molecule has 2 heterocycles. The molecule has 0 aliphatic carbocycles. The minimum Gasteiger partial charge on any atom is -0.476 e. The maximum atomic E-state index is 6.25. The highest BCUT2D eigenvalue weighted by Crippen LogP contribution is 2.34. The van der Waals surface area contributed by atoms with Gasteiger partial charge in [0.15, 0.2) is 5.52 Å². The van der Waals surface area contributed by atoms with Gasteiger partial charge in [-0.25, -0.2) is 9.97 Å². The minimum atomic E-state index is 0.145. The van der Waals surface area contributed by atoms with Crippen molar-refractivity contribution in [1.82, 2.24) is 15.0 Å². The molecule has 0 bridgehead atoms. The summed E-state index contributed by atoms with van der Waals surface area (Å²) in [5, 5.41) is 0.921. The van der Waals surface area contributed by atoms with E-state index < -0.39 is 0 Å². The first-order chi connectivity index (χ1) is 10.6. The van der Waals surface area contributed by atoms with E-state index in [0.717, 1.165) is 5.56 Å². The fourth-order valence-electron chi connectivity index (χ4n) is 2.09. The van der Waals surface area contributed by atoms with E-state index in [1.807, 2.05) is 25.1 Å².